The van der Waals surface area contributed by atoms with Crippen molar-refractivity contribution in [1.29, 1.82) is 0 Å². The van der Waals surface area contributed by atoms with Crippen LogP contribution in [0.5, 0.6) is 17.4 Å². The summed E-state index contributed by atoms with van der Waals surface area (Å²) in [4.78, 5) is 42.8. The smallest absolute Gasteiger partial charge is 0.295 e. The number of alkyl halides is 2. The van der Waals surface area contributed by atoms with Crippen molar-refractivity contribution in [2.24, 2.45) is 5.92 Å². The third-order valence-electron chi connectivity index (χ3n) is 9.23. The number of rotatable bonds is 9. The fourth-order valence-corrected chi connectivity index (χ4v) is 6.50. The predicted molar refractivity (Wildman–Crippen MR) is 172 cm³/mol. The third-order valence-corrected chi connectivity index (χ3v) is 9.23. The zero-order valence-corrected chi connectivity index (χ0v) is 26.7. The van der Waals surface area contributed by atoms with Crippen LogP contribution in [0.3, 0.4) is 0 Å². The summed E-state index contributed by atoms with van der Waals surface area (Å²) in [5, 5.41) is 11.3. The molecular formula is C34H36F3N7O5. The number of hydrogen-bond donors (Lipinski definition) is 2. The lowest BCUT2D eigenvalue weighted by atomic mass is 9.78. The summed E-state index contributed by atoms with van der Waals surface area (Å²) in [6.45, 7) is -0.352. The average molecular weight is 680 g/mol. The van der Waals surface area contributed by atoms with E-state index in [1.807, 2.05) is 30.3 Å². The van der Waals surface area contributed by atoms with Crippen LogP contribution < -0.4 is 20.8 Å². The molecule has 4 aromatic rings. The lowest BCUT2D eigenvalue weighted by Gasteiger charge is -2.46. The number of amides is 1. The molecule has 15 heteroatoms. The molecule has 1 amide bonds. The number of ether oxygens (including phenoxy) is 2. The Kier molecular flexibility index (Phi) is 9.56. The summed E-state index contributed by atoms with van der Waals surface area (Å²) in [5.74, 6) is -5.99. The van der Waals surface area contributed by atoms with E-state index in [4.69, 9.17) is 15.2 Å². The van der Waals surface area contributed by atoms with Gasteiger partial charge in [0.05, 0.1) is 25.9 Å². The largest absolute Gasteiger partial charge is 0.494 e. The Balaban J connectivity index is 1.15. The molecule has 0 radical (unpaired) electrons. The summed E-state index contributed by atoms with van der Waals surface area (Å²) in [5.41, 5.74) is 3.58. The molecule has 0 unspecified atom stereocenters. The van der Waals surface area contributed by atoms with E-state index in [9.17, 15) is 19.1 Å². The average Bonchev–Trinajstić information content (AvgIpc) is 3.10. The van der Waals surface area contributed by atoms with Crippen molar-refractivity contribution in [2.45, 2.75) is 43.4 Å². The first-order chi connectivity index (χ1) is 23.5. The summed E-state index contributed by atoms with van der Waals surface area (Å²) in [6, 6.07) is 13.1. The number of nitrogens with two attached hydrogens (primary N) is 1. The first-order valence-corrected chi connectivity index (χ1v) is 15.8. The van der Waals surface area contributed by atoms with E-state index in [2.05, 4.69) is 19.9 Å². The molecule has 2 aliphatic rings. The molecule has 258 valence electrons. The highest BCUT2D eigenvalue weighted by molar-refractivity contribution is 5.80. The van der Waals surface area contributed by atoms with Crippen molar-refractivity contribution >= 4 is 11.6 Å². The van der Waals surface area contributed by atoms with Gasteiger partial charge in [-0.3, -0.25) is 29.0 Å². The predicted octanol–water partition coefficient (Wildman–Crippen LogP) is 3.46. The van der Waals surface area contributed by atoms with Gasteiger partial charge in [0.15, 0.2) is 17.3 Å². The van der Waals surface area contributed by atoms with Crippen molar-refractivity contribution in [1.82, 2.24) is 29.3 Å². The molecule has 12 nitrogen and oxygen atoms in total. The summed E-state index contributed by atoms with van der Waals surface area (Å²) < 4.78 is 56.7. The standard InChI is InChI=1S/C34H36F3N7O5/c1-48-28-15-24(7-8-27(28)35)49-30-29(38)32(46)44(21-41-30)19-33(47)10-14-43(20-34(33,36)37)31(45)25-9-13-42(17-23-16-39-11-12-40-23)18-26(25)22-5-3-2-4-6-22/h2-8,11-12,15-16,21,25-26,47H,9-10,13-14,17-20,38H2,1H3/t25-,26+,33+/m1/s1. The van der Waals surface area contributed by atoms with Crippen molar-refractivity contribution in [3.05, 3.63) is 101 Å². The number of carbonyl (C=O) groups excluding carboxylic acids is 1. The number of anilines is 1. The second-order valence-corrected chi connectivity index (χ2v) is 12.4. The van der Waals surface area contributed by atoms with Crippen molar-refractivity contribution in [3.8, 4) is 17.4 Å². The van der Waals surface area contributed by atoms with E-state index >= 15 is 8.78 Å². The molecule has 3 atom stereocenters. The zero-order valence-electron chi connectivity index (χ0n) is 26.7. The van der Waals surface area contributed by atoms with Gasteiger partial charge >= 0.3 is 0 Å². The number of likely N-dealkylation sites (tertiary alicyclic amines) is 2. The molecule has 2 saturated heterocycles. The topological polar surface area (TPSA) is 149 Å². The van der Waals surface area contributed by atoms with Crippen molar-refractivity contribution < 1.29 is 32.5 Å². The minimum Gasteiger partial charge on any atom is -0.494 e. The maximum Gasteiger partial charge on any atom is 0.295 e. The van der Waals surface area contributed by atoms with Crippen molar-refractivity contribution in [2.75, 3.05) is 39.0 Å². The van der Waals surface area contributed by atoms with E-state index in [-0.39, 0.29) is 29.8 Å². The lowest BCUT2D eigenvalue weighted by Crippen LogP contribution is -2.64. The molecule has 2 aromatic heterocycles. The third kappa shape index (κ3) is 7.08. The monoisotopic (exact) mass is 679 g/mol. The number of halogens is 3. The summed E-state index contributed by atoms with van der Waals surface area (Å²) >= 11 is 0. The molecule has 2 aliphatic heterocycles. The Morgan fingerprint density at radius 3 is 2.63 bits per heavy atom. The van der Waals surface area contributed by atoms with E-state index in [1.165, 1.54) is 19.2 Å². The number of benzene rings is 2. The van der Waals surface area contributed by atoms with Crippen LogP contribution in [0.15, 0.2) is 78.2 Å². The maximum atomic E-state index is 15.8. The lowest BCUT2D eigenvalue weighted by molar-refractivity contribution is -0.223. The number of piperidine rings is 2. The molecule has 0 spiro atoms. The Hall–Kier alpha value is -5.02. The minimum atomic E-state index is -3.77. The van der Waals surface area contributed by atoms with Crippen LogP contribution in [0.1, 0.15) is 30.0 Å². The van der Waals surface area contributed by atoms with Crippen LogP contribution in [0.2, 0.25) is 0 Å². The molecule has 0 saturated carbocycles. The van der Waals surface area contributed by atoms with Gasteiger partial charge in [-0.15, -0.1) is 0 Å². The molecule has 49 heavy (non-hydrogen) atoms. The van der Waals surface area contributed by atoms with Gasteiger partial charge in [0.25, 0.3) is 11.5 Å². The van der Waals surface area contributed by atoms with Gasteiger partial charge in [-0.05, 0) is 30.7 Å². The number of aliphatic hydroxyl groups is 1. The SMILES string of the molecule is COc1cc(Oc2ncn(C[C@@]3(O)CCN(C(=O)[C@@H]4CCN(Cc5cnccn5)C[C@H]4c4ccccc4)CC3(F)F)c(=O)c2N)ccc1F. The highest BCUT2D eigenvalue weighted by Gasteiger charge is 2.57. The highest BCUT2D eigenvalue weighted by Crippen LogP contribution is 2.41. The molecule has 0 aliphatic carbocycles. The number of carbonyl (C=O) groups is 1. The number of aromatic nitrogens is 4. The Morgan fingerprint density at radius 2 is 1.92 bits per heavy atom. The number of nitrogens with zero attached hydrogens (tertiary/aromatic N) is 6. The van der Waals surface area contributed by atoms with Crippen LogP contribution in [-0.2, 0) is 17.9 Å². The van der Waals surface area contributed by atoms with E-state index in [0.717, 1.165) is 33.1 Å². The molecule has 3 N–H and O–H groups in total. The van der Waals surface area contributed by atoms with E-state index in [1.54, 1.807) is 18.6 Å². The fourth-order valence-electron chi connectivity index (χ4n) is 6.50. The summed E-state index contributed by atoms with van der Waals surface area (Å²) in [6.07, 6.45) is 5.81. The molecular weight excluding hydrogens is 643 g/mol. The second kappa shape index (κ2) is 13.8. The van der Waals surface area contributed by atoms with Gasteiger partial charge in [-0.25, -0.2) is 18.2 Å². The fraction of sp³-hybridized carbons (Fsp3) is 0.382. The number of nitrogen functional groups attached to an aromatic ring is 1. The van der Waals surface area contributed by atoms with Gasteiger partial charge in [0, 0.05) is 62.5 Å². The quantitative estimate of drug-likeness (QED) is 0.270. The van der Waals surface area contributed by atoms with E-state index < -0.39 is 59.9 Å². The first-order valence-electron chi connectivity index (χ1n) is 15.8. The van der Waals surface area contributed by atoms with Crippen LogP contribution >= 0.6 is 0 Å². The van der Waals surface area contributed by atoms with E-state index in [0.29, 0.717) is 26.1 Å². The van der Waals surface area contributed by atoms with Gasteiger partial charge in [0.2, 0.25) is 11.8 Å². The normalized spacial score (nSPS) is 22.4. The molecule has 6 rings (SSSR count). The molecule has 4 heterocycles. The van der Waals surface area contributed by atoms with Crippen LogP contribution in [0, 0.1) is 11.7 Å². The first kappa shape index (κ1) is 33.9. The summed E-state index contributed by atoms with van der Waals surface area (Å²) in [7, 11) is 1.27. The van der Waals surface area contributed by atoms with Gasteiger partial charge in [-0.2, -0.15) is 0 Å². The van der Waals surface area contributed by atoms with Gasteiger partial charge in [-0.1, -0.05) is 30.3 Å². The minimum absolute atomic E-state index is 0.0717. The van der Waals surface area contributed by atoms with Crippen LogP contribution in [0.25, 0.3) is 0 Å². The van der Waals surface area contributed by atoms with Crippen LogP contribution in [-0.4, -0.2) is 85.1 Å². The molecule has 2 fully saturated rings. The van der Waals surface area contributed by atoms with Crippen molar-refractivity contribution in [3.63, 3.8) is 0 Å². The zero-order chi connectivity index (χ0) is 34.8. The van der Waals surface area contributed by atoms with Gasteiger partial charge < -0.3 is 25.2 Å². The highest BCUT2D eigenvalue weighted by atomic mass is 19.3. The Labute approximate surface area is 279 Å². The molecule has 2 aromatic carbocycles. The maximum absolute atomic E-state index is 15.8. The van der Waals surface area contributed by atoms with Crippen LogP contribution in [0.4, 0.5) is 18.9 Å². The Bertz CT molecular complexity index is 1850. The Morgan fingerprint density at radius 1 is 1.12 bits per heavy atom. The molecule has 0 bridgehead atoms. The van der Waals surface area contributed by atoms with Gasteiger partial charge in [0.1, 0.15) is 17.7 Å². The number of methoxy groups -OCH3 is 1. The number of hydrogen-bond acceptors (Lipinski definition) is 10. The second-order valence-electron chi connectivity index (χ2n) is 12.4.